The molecule has 1 amide bonds. The largest absolute Gasteiger partial charge is 0.478 e. The van der Waals surface area contributed by atoms with Crippen LogP contribution in [0.2, 0.25) is 0 Å². The lowest BCUT2D eigenvalue weighted by atomic mass is 10.1. The number of carboxylic acids is 1. The van der Waals surface area contributed by atoms with Gasteiger partial charge in [0.15, 0.2) is 0 Å². The molecule has 0 aliphatic carbocycles. The van der Waals surface area contributed by atoms with Gasteiger partial charge in [0, 0.05) is 11.3 Å². The van der Waals surface area contributed by atoms with Gasteiger partial charge in [-0.05, 0) is 48.9 Å². The molecule has 4 N–H and O–H groups in total. The van der Waals surface area contributed by atoms with Gasteiger partial charge in [-0.1, -0.05) is 6.92 Å². The van der Waals surface area contributed by atoms with Crippen molar-refractivity contribution in [1.82, 2.24) is 0 Å². The van der Waals surface area contributed by atoms with E-state index in [1.165, 1.54) is 36.4 Å². The monoisotopic (exact) mass is 342 g/mol. The fraction of sp³-hybridized carbons (Fsp3) is 0.167. The van der Waals surface area contributed by atoms with Crippen molar-refractivity contribution in [3.05, 3.63) is 59.2 Å². The van der Waals surface area contributed by atoms with Crippen LogP contribution >= 0.6 is 0 Å². The standard InChI is InChI=1S/C18H18N2O5/c1-2-9-25-18(24)14-8-7-13(19)10-15(14)20-16(21)11-3-5-12(6-4-11)17(22)23/h3-8,10H,2,9,19H2,1H3,(H,20,21)(H,22,23). The van der Waals surface area contributed by atoms with Gasteiger partial charge in [-0.25, -0.2) is 9.59 Å². The van der Waals surface area contributed by atoms with Crippen LogP contribution in [0.4, 0.5) is 11.4 Å². The number of aromatic carboxylic acids is 1. The van der Waals surface area contributed by atoms with Gasteiger partial charge in [-0.3, -0.25) is 4.79 Å². The normalized spacial score (nSPS) is 10.1. The van der Waals surface area contributed by atoms with Crippen LogP contribution in [0.5, 0.6) is 0 Å². The minimum Gasteiger partial charge on any atom is -0.478 e. The summed E-state index contributed by atoms with van der Waals surface area (Å²) in [7, 11) is 0. The first-order chi connectivity index (χ1) is 11.9. The van der Waals surface area contributed by atoms with E-state index in [0.29, 0.717) is 12.1 Å². The van der Waals surface area contributed by atoms with E-state index in [1.54, 1.807) is 6.07 Å². The Labute approximate surface area is 144 Å². The van der Waals surface area contributed by atoms with Gasteiger partial charge in [-0.15, -0.1) is 0 Å². The molecule has 0 aliphatic heterocycles. The molecule has 2 aromatic rings. The molecule has 0 spiro atoms. The molecule has 0 fully saturated rings. The summed E-state index contributed by atoms with van der Waals surface area (Å²) < 4.78 is 5.09. The van der Waals surface area contributed by atoms with E-state index < -0.39 is 17.8 Å². The Balaban J connectivity index is 2.23. The molecule has 0 radical (unpaired) electrons. The first-order valence-electron chi connectivity index (χ1n) is 7.63. The number of carbonyl (C=O) groups is 3. The number of rotatable bonds is 6. The topological polar surface area (TPSA) is 119 Å². The maximum Gasteiger partial charge on any atom is 0.340 e. The van der Waals surface area contributed by atoms with E-state index >= 15 is 0 Å². The fourth-order valence-corrected chi connectivity index (χ4v) is 2.07. The molecule has 0 bridgehead atoms. The second-order valence-corrected chi connectivity index (χ2v) is 5.28. The average Bonchev–Trinajstić information content (AvgIpc) is 2.59. The predicted octanol–water partition coefficient (Wildman–Crippen LogP) is 2.79. The zero-order valence-electron chi connectivity index (χ0n) is 13.6. The Kier molecular flexibility index (Phi) is 5.73. The highest BCUT2D eigenvalue weighted by atomic mass is 16.5. The van der Waals surface area contributed by atoms with Crippen molar-refractivity contribution in [3.63, 3.8) is 0 Å². The number of anilines is 2. The number of esters is 1. The summed E-state index contributed by atoms with van der Waals surface area (Å²) in [4.78, 5) is 35.3. The summed E-state index contributed by atoms with van der Waals surface area (Å²) in [6.07, 6.45) is 0.679. The van der Waals surface area contributed by atoms with Gasteiger partial charge in [0.1, 0.15) is 0 Å². The van der Waals surface area contributed by atoms with E-state index in [2.05, 4.69) is 5.32 Å². The quantitative estimate of drug-likeness (QED) is 0.548. The number of nitrogens with one attached hydrogen (secondary N) is 1. The minimum absolute atomic E-state index is 0.0735. The second-order valence-electron chi connectivity index (χ2n) is 5.28. The molecule has 0 saturated carbocycles. The van der Waals surface area contributed by atoms with Crippen molar-refractivity contribution in [2.24, 2.45) is 0 Å². The lowest BCUT2D eigenvalue weighted by Crippen LogP contribution is -2.16. The first kappa shape index (κ1) is 18.0. The SMILES string of the molecule is CCCOC(=O)c1ccc(N)cc1NC(=O)c1ccc(C(=O)O)cc1. The van der Waals surface area contributed by atoms with E-state index in [-0.39, 0.29) is 29.0 Å². The Hall–Kier alpha value is -3.35. The van der Waals surface area contributed by atoms with Crippen molar-refractivity contribution in [2.75, 3.05) is 17.7 Å². The van der Waals surface area contributed by atoms with Gasteiger partial charge in [0.2, 0.25) is 0 Å². The number of amides is 1. The highest BCUT2D eigenvalue weighted by molar-refractivity contribution is 6.08. The lowest BCUT2D eigenvalue weighted by Gasteiger charge is -2.12. The zero-order chi connectivity index (χ0) is 18.4. The van der Waals surface area contributed by atoms with Crippen LogP contribution in [-0.4, -0.2) is 29.6 Å². The molecule has 7 nitrogen and oxygen atoms in total. The molecule has 0 unspecified atom stereocenters. The molecule has 2 rings (SSSR count). The predicted molar refractivity (Wildman–Crippen MR) is 92.8 cm³/mol. The molecule has 0 heterocycles. The smallest absolute Gasteiger partial charge is 0.340 e. The molecule has 0 aromatic heterocycles. The van der Waals surface area contributed by atoms with Crippen LogP contribution in [0.25, 0.3) is 0 Å². The van der Waals surface area contributed by atoms with Crippen molar-refractivity contribution in [2.45, 2.75) is 13.3 Å². The van der Waals surface area contributed by atoms with Crippen LogP contribution in [-0.2, 0) is 4.74 Å². The summed E-state index contributed by atoms with van der Waals surface area (Å²) >= 11 is 0. The van der Waals surface area contributed by atoms with Crippen LogP contribution in [0.1, 0.15) is 44.4 Å². The molecular weight excluding hydrogens is 324 g/mol. The maximum absolute atomic E-state index is 12.3. The molecule has 0 saturated heterocycles. The molecular formula is C18H18N2O5. The Bertz CT molecular complexity index is 800. The van der Waals surface area contributed by atoms with Gasteiger partial charge in [0.05, 0.1) is 23.4 Å². The third kappa shape index (κ3) is 4.57. The fourth-order valence-electron chi connectivity index (χ4n) is 2.07. The van der Waals surface area contributed by atoms with Crippen molar-refractivity contribution < 1.29 is 24.2 Å². The number of carboxylic acid groups (broad SMARTS) is 1. The minimum atomic E-state index is -1.08. The molecule has 0 atom stereocenters. The average molecular weight is 342 g/mol. The Morgan fingerprint density at radius 1 is 1.08 bits per heavy atom. The zero-order valence-corrected chi connectivity index (χ0v) is 13.6. The number of nitrogens with two attached hydrogens (primary N) is 1. The van der Waals surface area contributed by atoms with Crippen molar-refractivity contribution in [3.8, 4) is 0 Å². The molecule has 25 heavy (non-hydrogen) atoms. The van der Waals surface area contributed by atoms with Crippen LogP contribution < -0.4 is 11.1 Å². The number of hydrogen-bond donors (Lipinski definition) is 3. The van der Waals surface area contributed by atoms with Crippen LogP contribution in [0, 0.1) is 0 Å². The highest BCUT2D eigenvalue weighted by Gasteiger charge is 2.16. The molecule has 130 valence electrons. The molecule has 7 heteroatoms. The second kappa shape index (κ2) is 7.96. The van der Waals surface area contributed by atoms with E-state index in [1.807, 2.05) is 6.92 Å². The number of carbonyl (C=O) groups excluding carboxylic acids is 2. The third-order valence-electron chi connectivity index (χ3n) is 3.34. The van der Waals surface area contributed by atoms with E-state index in [0.717, 1.165) is 0 Å². The number of benzene rings is 2. The molecule has 2 aromatic carbocycles. The Morgan fingerprint density at radius 3 is 2.32 bits per heavy atom. The lowest BCUT2D eigenvalue weighted by molar-refractivity contribution is 0.0506. The van der Waals surface area contributed by atoms with Crippen LogP contribution in [0.15, 0.2) is 42.5 Å². The summed E-state index contributed by atoms with van der Waals surface area (Å²) in [5.41, 5.74) is 6.85. The number of ether oxygens (including phenoxy) is 1. The molecule has 0 aliphatic rings. The summed E-state index contributed by atoms with van der Waals surface area (Å²) in [6, 6.07) is 9.92. The van der Waals surface area contributed by atoms with Crippen molar-refractivity contribution in [1.29, 1.82) is 0 Å². The van der Waals surface area contributed by atoms with Gasteiger partial charge in [-0.2, -0.15) is 0 Å². The number of hydrogen-bond acceptors (Lipinski definition) is 5. The Morgan fingerprint density at radius 2 is 1.72 bits per heavy atom. The highest BCUT2D eigenvalue weighted by Crippen LogP contribution is 2.21. The van der Waals surface area contributed by atoms with Crippen molar-refractivity contribution >= 4 is 29.2 Å². The summed E-state index contributed by atoms with van der Waals surface area (Å²) in [5.74, 6) is -2.13. The van der Waals surface area contributed by atoms with Crippen LogP contribution in [0.3, 0.4) is 0 Å². The number of nitrogen functional groups attached to an aromatic ring is 1. The summed E-state index contributed by atoms with van der Waals surface area (Å²) in [6.45, 7) is 2.15. The van der Waals surface area contributed by atoms with E-state index in [9.17, 15) is 14.4 Å². The first-order valence-corrected chi connectivity index (χ1v) is 7.63. The third-order valence-corrected chi connectivity index (χ3v) is 3.34. The van der Waals surface area contributed by atoms with Gasteiger partial charge >= 0.3 is 11.9 Å². The van der Waals surface area contributed by atoms with E-state index in [4.69, 9.17) is 15.6 Å². The van der Waals surface area contributed by atoms with Gasteiger partial charge < -0.3 is 20.9 Å². The van der Waals surface area contributed by atoms with Gasteiger partial charge in [0.25, 0.3) is 5.91 Å². The summed E-state index contributed by atoms with van der Waals surface area (Å²) in [5, 5.41) is 11.5. The maximum atomic E-state index is 12.3.